The molecule has 0 saturated heterocycles. The number of aromatic nitrogens is 5. The second kappa shape index (κ2) is 7.47. The number of nitrogens with zero attached hydrogens (tertiary/aromatic N) is 5. The number of hydrogen-bond acceptors (Lipinski definition) is 7. The highest BCUT2D eigenvalue weighted by Crippen LogP contribution is 2.34. The van der Waals surface area contributed by atoms with Crippen LogP contribution < -0.4 is 20.5 Å². The summed E-state index contributed by atoms with van der Waals surface area (Å²) >= 11 is 0. The summed E-state index contributed by atoms with van der Waals surface area (Å²) in [4.78, 5) is 34.2. The Hall–Kier alpha value is -2.75. The molecule has 0 bridgehead atoms. The summed E-state index contributed by atoms with van der Waals surface area (Å²) < 4.78 is 20.7. The number of anilines is 2. The van der Waals surface area contributed by atoms with Crippen LogP contribution in [-0.4, -0.2) is 51.5 Å². The lowest BCUT2D eigenvalue weighted by Gasteiger charge is -2.12. The molecule has 3 heterocycles. The van der Waals surface area contributed by atoms with Crippen LogP contribution in [0.25, 0.3) is 11.2 Å². The van der Waals surface area contributed by atoms with E-state index >= 15 is 0 Å². The smallest absolute Gasteiger partial charge is 0.377 e. The van der Waals surface area contributed by atoms with Crippen LogP contribution in [0.15, 0.2) is 35.6 Å². The van der Waals surface area contributed by atoms with E-state index in [2.05, 4.69) is 15.0 Å². The fraction of sp³-hybridized carbons (Fsp3) is 0.333. The number of imidazole rings is 1. The molecule has 27 heavy (non-hydrogen) atoms. The zero-order chi connectivity index (χ0) is 19.6. The minimum Gasteiger partial charge on any atom is -0.377 e. The van der Waals surface area contributed by atoms with Gasteiger partial charge in [-0.05, 0) is 0 Å². The van der Waals surface area contributed by atoms with Gasteiger partial charge in [-0.15, -0.1) is 4.34 Å². The molecule has 0 amide bonds. The standard InChI is InChI=1S/C15H20N7O4P/c1-20(2)11-3-5-22(6-4-11)27(24,25)10-26-8-7-21-9-17-12-13(21)18-15(16)19-14(12)23/h3-6,9H,7-8,10H2,1-2H3,(H3-,16,18,19,23,24,25)/p+1. The molecule has 4 N–H and O–H groups in total. The second-order valence-corrected chi connectivity index (χ2v) is 8.14. The van der Waals surface area contributed by atoms with Crippen molar-refractivity contribution in [2.24, 2.45) is 0 Å². The van der Waals surface area contributed by atoms with E-state index in [1.54, 1.807) is 29.1 Å². The van der Waals surface area contributed by atoms with E-state index in [0.717, 1.165) is 5.69 Å². The molecule has 0 spiro atoms. The number of rotatable bonds is 7. The van der Waals surface area contributed by atoms with Gasteiger partial charge in [0.15, 0.2) is 29.9 Å². The molecule has 144 valence electrons. The van der Waals surface area contributed by atoms with E-state index in [9.17, 15) is 14.3 Å². The van der Waals surface area contributed by atoms with E-state index in [-0.39, 0.29) is 24.4 Å². The van der Waals surface area contributed by atoms with Gasteiger partial charge in [0.05, 0.1) is 12.9 Å². The summed E-state index contributed by atoms with van der Waals surface area (Å²) in [6, 6.07) is 3.49. The van der Waals surface area contributed by atoms with Gasteiger partial charge in [-0.25, -0.2) is 9.55 Å². The van der Waals surface area contributed by atoms with Crippen molar-refractivity contribution in [3.63, 3.8) is 0 Å². The van der Waals surface area contributed by atoms with Gasteiger partial charge in [0.2, 0.25) is 5.95 Å². The van der Waals surface area contributed by atoms with Gasteiger partial charge in [-0.1, -0.05) is 0 Å². The molecular weight excluding hydrogens is 373 g/mol. The van der Waals surface area contributed by atoms with Crippen LogP contribution in [-0.2, 0) is 15.8 Å². The highest BCUT2D eigenvalue weighted by Gasteiger charge is 2.30. The van der Waals surface area contributed by atoms with Crippen molar-refractivity contribution < 1.29 is 18.5 Å². The van der Waals surface area contributed by atoms with Gasteiger partial charge in [-0.2, -0.15) is 4.98 Å². The van der Waals surface area contributed by atoms with Crippen molar-refractivity contribution in [2.75, 3.05) is 37.7 Å². The summed E-state index contributed by atoms with van der Waals surface area (Å²) in [6.45, 7) is 0.442. The van der Waals surface area contributed by atoms with Gasteiger partial charge >= 0.3 is 7.52 Å². The molecule has 0 aliphatic carbocycles. The fourth-order valence-corrected chi connectivity index (χ4v) is 3.51. The molecule has 0 fully saturated rings. The van der Waals surface area contributed by atoms with Gasteiger partial charge in [0.1, 0.15) is 0 Å². The van der Waals surface area contributed by atoms with E-state index in [1.165, 1.54) is 10.7 Å². The number of nitrogen functional groups attached to an aromatic ring is 1. The van der Waals surface area contributed by atoms with Crippen LogP contribution in [0, 0.1) is 0 Å². The molecule has 11 nitrogen and oxygen atoms in total. The van der Waals surface area contributed by atoms with Gasteiger partial charge in [-0.3, -0.25) is 14.7 Å². The Morgan fingerprint density at radius 3 is 2.78 bits per heavy atom. The normalized spacial score (nSPS) is 13.6. The summed E-state index contributed by atoms with van der Waals surface area (Å²) in [7, 11) is 0.0679. The van der Waals surface area contributed by atoms with Gasteiger partial charge in [0, 0.05) is 38.5 Å². The third-order valence-electron chi connectivity index (χ3n) is 3.90. The number of nitrogens with one attached hydrogen (secondary N) is 1. The first-order valence-corrected chi connectivity index (χ1v) is 9.87. The SMILES string of the molecule is CN(C)c1cc[n+](P(=O)(O)COCCn2cnc3c(=O)[nH]c(N)nc32)cc1. The minimum absolute atomic E-state index is 0.00685. The van der Waals surface area contributed by atoms with E-state index in [1.807, 2.05) is 19.0 Å². The molecule has 0 aliphatic rings. The highest BCUT2D eigenvalue weighted by atomic mass is 31.2. The molecule has 1 unspecified atom stereocenters. The molecular formula is C15H21N7O4P+. The molecule has 3 rings (SSSR count). The summed E-state index contributed by atoms with van der Waals surface area (Å²) in [6.07, 6.45) is 4.19. The van der Waals surface area contributed by atoms with Crippen molar-refractivity contribution in [1.29, 1.82) is 0 Å². The quantitative estimate of drug-likeness (QED) is 0.368. The Labute approximate surface area is 154 Å². The van der Waals surface area contributed by atoms with Crippen molar-refractivity contribution in [1.82, 2.24) is 19.5 Å². The lowest BCUT2D eigenvalue weighted by molar-refractivity contribution is -0.530. The van der Waals surface area contributed by atoms with Crippen molar-refractivity contribution in [3.8, 4) is 0 Å². The summed E-state index contributed by atoms with van der Waals surface area (Å²) in [5.74, 6) is -0.00685. The second-order valence-electron chi connectivity index (χ2n) is 6.09. The zero-order valence-corrected chi connectivity index (χ0v) is 15.8. The first kappa shape index (κ1) is 19.0. The molecule has 1 atom stereocenters. The first-order valence-electron chi connectivity index (χ1n) is 8.07. The lowest BCUT2D eigenvalue weighted by Crippen LogP contribution is -2.32. The zero-order valence-electron chi connectivity index (χ0n) is 14.9. The molecule has 0 radical (unpaired) electrons. The Kier molecular flexibility index (Phi) is 5.26. The Balaban J connectivity index is 1.61. The lowest BCUT2D eigenvalue weighted by atomic mass is 10.4. The minimum atomic E-state index is -3.70. The maximum absolute atomic E-state index is 12.4. The number of fused-ring (bicyclic) bond motifs is 1. The van der Waals surface area contributed by atoms with Crippen molar-refractivity contribution in [3.05, 3.63) is 41.2 Å². The fourth-order valence-electron chi connectivity index (χ4n) is 2.46. The van der Waals surface area contributed by atoms with Gasteiger partial charge in [0.25, 0.3) is 5.56 Å². The summed E-state index contributed by atoms with van der Waals surface area (Å²) in [5, 5.41) is 0. The topological polar surface area (TPSA) is 143 Å². The predicted molar refractivity (Wildman–Crippen MR) is 99.6 cm³/mol. The molecule has 3 aromatic rings. The number of H-pyrrole nitrogens is 1. The molecule has 12 heteroatoms. The van der Waals surface area contributed by atoms with Gasteiger partial charge < -0.3 is 19.9 Å². The van der Waals surface area contributed by atoms with Crippen molar-refractivity contribution >= 4 is 30.3 Å². The first-order chi connectivity index (χ1) is 12.8. The molecule has 0 aromatic carbocycles. The van der Waals surface area contributed by atoms with Crippen LogP contribution in [0.3, 0.4) is 0 Å². The van der Waals surface area contributed by atoms with E-state index in [4.69, 9.17) is 10.5 Å². The van der Waals surface area contributed by atoms with Crippen molar-refractivity contribution in [2.45, 2.75) is 6.54 Å². The monoisotopic (exact) mass is 394 g/mol. The number of pyridine rings is 1. The number of aromatic amines is 1. The summed E-state index contributed by atoms with van der Waals surface area (Å²) in [5.41, 5.74) is 6.55. The maximum Gasteiger partial charge on any atom is 0.480 e. The van der Waals surface area contributed by atoms with Crippen LogP contribution >= 0.6 is 7.52 Å². The van der Waals surface area contributed by atoms with E-state index in [0.29, 0.717) is 12.2 Å². The largest absolute Gasteiger partial charge is 0.480 e. The molecule has 0 saturated carbocycles. The van der Waals surface area contributed by atoms with E-state index < -0.39 is 13.1 Å². The predicted octanol–water partition coefficient (Wildman–Crippen LogP) is -0.237. The Morgan fingerprint density at radius 1 is 1.41 bits per heavy atom. The van der Waals surface area contributed by atoms with Crippen LogP contribution in [0.4, 0.5) is 11.6 Å². The Morgan fingerprint density at radius 2 is 2.11 bits per heavy atom. The number of hydrogen-bond donors (Lipinski definition) is 3. The maximum atomic E-state index is 12.4. The third-order valence-corrected chi connectivity index (χ3v) is 5.41. The average molecular weight is 394 g/mol. The highest BCUT2D eigenvalue weighted by molar-refractivity contribution is 7.50. The van der Waals surface area contributed by atoms with Crippen LogP contribution in [0.2, 0.25) is 0 Å². The van der Waals surface area contributed by atoms with Crippen LogP contribution in [0.1, 0.15) is 0 Å². The number of nitrogens with two attached hydrogens (primary N) is 1. The Bertz CT molecular complexity index is 1040. The van der Waals surface area contributed by atoms with Crippen LogP contribution in [0.5, 0.6) is 0 Å². The molecule has 0 aliphatic heterocycles. The molecule has 3 aromatic heterocycles. The average Bonchev–Trinajstić information content (AvgIpc) is 3.02. The third kappa shape index (κ3) is 4.16. The number of ether oxygens (including phenoxy) is 1.